The van der Waals surface area contributed by atoms with Gasteiger partial charge in [-0.2, -0.15) is 0 Å². The summed E-state index contributed by atoms with van der Waals surface area (Å²) >= 11 is 0. The van der Waals surface area contributed by atoms with Gasteiger partial charge in [-0.1, -0.05) is 55.5 Å². The number of aryl methyl sites for hydroxylation is 1. The van der Waals surface area contributed by atoms with Crippen LogP contribution in [0.2, 0.25) is 0 Å². The third-order valence-corrected chi connectivity index (χ3v) is 5.62. The highest BCUT2D eigenvalue weighted by Crippen LogP contribution is 2.27. The molecule has 3 N–H and O–H groups in total. The predicted molar refractivity (Wildman–Crippen MR) is 128 cm³/mol. The van der Waals surface area contributed by atoms with Crippen molar-refractivity contribution in [3.8, 4) is 11.1 Å². The van der Waals surface area contributed by atoms with E-state index < -0.39 is 5.97 Å². The van der Waals surface area contributed by atoms with Gasteiger partial charge < -0.3 is 9.30 Å². The fourth-order valence-corrected chi connectivity index (χ4v) is 4.10. The lowest BCUT2D eigenvalue weighted by atomic mass is 9.96. The van der Waals surface area contributed by atoms with Gasteiger partial charge in [0.05, 0.1) is 23.7 Å². The normalized spacial score (nSPS) is 10.9. The lowest BCUT2D eigenvalue weighted by Gasteiger charge is -2.15. The fraction of sp³-hybridized carbons (Fsp3) is 0.192. The molecule has 3 aromatic carbocycles. The summed E-state index contributed by atoms with van der Waals surface area (Å²) in [4.78, 5) is 17.2. The molecule has 1 aromatic heterocycles. The number of hydrogen-bond acceptors (Lipinski definition) is 5. The van der Waals surface area contributed by atoms with E-state index in [9.17, 15) is 10.0 Å². The van der Waals surface area contributed by atoms with E-state index in [1.807, 2.05) is 70.7 Å². The third kappa shape index (κ3) is 4.36. The monoisotopic (exact) mass is 442 g/mol. The van der Waals surface area contributed by atoms with E-state index in [0.29, 0.717) is 17.7 Å². The first kappa shape index (κ1) is 22.2. The van der Waals surface area contributed by atoms with Crippen LogP contribution in [0.25, 0.3) is 22.2 Å². The fourth-order valence-electron chi connectivity index (χ4n) is 4.10. The van der Waals surface area contributed by atoms with Gasteiger partial charge in [0, 0.05) is 18.5 Å². The number of aromatic nitrogens is 2. The number of methoxy groups -OCH3 is 1. The molecule has 0 amide bonds. The van der Waals surface area contributed by atoms with Crippen molar-refractivity contribution in [2.75, 3.05) is 7.11 Å². The van der Waals surface area contributed by atoms with Crippen molar-refractivity contribution in [2.24, 2.45) is 0 Å². The maximum absolute atomic E-state index is 12.5. The summed E-state index contributed by atoms with van der Waals surface area (Å²) in [6.45, 7) is 2.55. The van der Waals surface area contributed by atoms with E-state index in [0.717, 1.165) is 46.4 Å². The number of nitrogens with one attached hydrogen (secondary N) is 2. The summed E-state index contributed by atoms with van der Waals surface area (Å²) in [7, 11) is 1.37. The summed E-state index contributed by atoms with van der Waals surface area (Å²) in [6.07, 6.45) is 1.67. The molecule has 4 aromatic rings. The minimum atomic E-state index is -0.406. The number of hydrogen-bond donors (Lipinski definition) is 3. The second-order valence-corrected chi connectivity index (χ2v) is 7.76. The molecule has 0 aliphatic heterocycles. The molecule has 0 radical (unpaired) electrons. The van der Waals surface area contributed by atoms with Crippen LogP contribution in [0.5, 0.6) is 0 Å². The molecule has 0 aliphatic carbocycles. The molecular weight excluding hydrogens is 416 g/mol. The van der Waals surface area contributed by atoms with Crippen LogP contribution in [0.1, 0.15) is 40.7 Å². The van der Waals surface area contributed by atoms with Gasteiger partial charge in [0.2, 0.25) is 0 Å². The number of carbonyl (C=O) groups is 1. The molecule has 0 saturated carbocycles. The first-order chi connectivity index (χ1) is 16.1. The first-order valence-electron chi connectivity index (χ1n) is 10.8. The largest absolute Gasteiger partial charge is 0.465 e. The average Bonchev–Trinajstić information content (AvgIpc) is 3.20. The van der Waals surface area contributed by atoms with Gasteiger partial charge in [-0.25, -0.2) is 9.78 Å². The molecule has 4 rings (SSSR count). The maximum atomic E-state index is 12.5. The summed E-state index contributed by atoms with van der Waals surface area (Å²) in [5.41, 5.74) is 7.20. The number of fused-ring (bicyclic) bond motifs is 1. The van der Waals surface area contributed by atoms with Gasteiger partial charge in [-0.3, -0.25) is 16.1 Å². The molecule has 1 heterocycles. The number of benzene rings is 3. The van der Waals surface area contributed by atoms with Crippen LogP contribution in [-0.2, 0) is 17.7 Å². The molecule has 0 fully saturated rings. The lowest BCUT2D eigenvalue weighted by Crippen LogP contribution is -2.20. The highest BCUT2D eigenvalue weighted by Gasteiger charge is 2.19. The van der Waals surface area contributed by atoms with E-state index >= 15 is 0 Å². The number of imidazole rings is 1. The van der Waals surface area contributed by atoms with E-state index in [1.54, 1.807) is 6.07 Å². The van der Waals surface area contributed by atoms with Gasteiger partial charge >= 0.3 is 5.97 Å². The van der Waals surface area contributed by atoms with Gasteiger partial charge in [0.1, 0.15) is 11.7 Å². The van der Waals surface area contributed by atoms with Crippen molar-refractivity contribution in [3.63, 3.8) is 0 Å². The van der Waals surface area contributed by atoms with Gasteiger partial charge in [0.15, 0.2) is 0 Å². The smallest absolute Gasteiger partial charge is 0.340 e. The molecule has 7 nitrogen and oxygen atoms in total. The molecule has 0 bridgehead atoms. The number of ether oxygens (including phenoxy) is 1. The van der Waals surface area contributed by atoms with E-state index in [4.69, 9.17) is 15.1 Å². The number of rotatable bonds is 7. The number of hydroxylamine groups is 1. The van der Waals surface area contributed by atoms with Crippen LogP contribution in [0.15, 0.2) is 66.7 Å². The number of carbonyl (C=O) groups excluding carboxylic acids is 1. The Balaban J connectivity index is 1.85. The van der Waals surface area contributed by atoms with E-state index in [-0.39, 0.29) is 5.84 Å². The highest BCUT2D eigenvalue weighted by molar-refractivity contribution is 6.03. The Morgan fingerprint density at radius 2 is 1.88 bits per heavy atom. The molecule has 0 unspecified atom stereocenters. The van der Waals surface area contributed by atoms with Crippen LogP contribution >= 0.6 is 0 Å². The van der Waals surface area contributed by atoms with Gasteiger partial charge in [0.25, 0.3) is 0 Å². The van der Waals surface area contributed by atoms with E-state index in [2.05, 4.69) is 6.92 Å². The number of esters is 1. The van der Waals surface area contributed by atoms with Crippen molar-refractivity contribution in [2.45, 2.75) is 26.3 Å². The predicted octanol–water partition coefficient (Wildman–Crippen LogP) is 4.79. The Bertz CT molecular complexity index is 1310. The molecular formula is C26H26N4O3. The number of para-hydroxylation sites is 1. The molecule has 168 valence electrons. The average molecular weight is 443 g/mol. The van der Waals surface area contributed by atoms with Crippen molar-refractivity contribution < 1.29 is 14.7 Å². The number of nitrogens with zero attached hydrogens (tertiary/aromatic N) is 2. The second kappa shape index (κ2) is 9.67. The minimum absolute atomic E-state index is 0.0878. The zero-order chi connectivity index (χ0) is 23.4. The quantitative estimate of drug-likeness (QED) is 0.165. The molecule has 7 heteroatoms. The molecule has 0 saturated heterocycles. The van der Waals surface area contributed by atoms with E-state index in [1.165, 1.54) is 7.11 Å². The lowest BCUT2D eigenvalue weighted by molar-refractivity contribution is 0.0602. The van der Waals surface area contributed by atoms with Gasteiger partial charge in [-0.15, -0.1) is 0 Å². The molecule has 0 spiro atoms. The topological polar surface area (TPSA) is 100 Å². The Kier molecular flexibility index (Phi) is 6.51. The zero-order valence-electron chi connectivity index (χ0n) is 18.6. The number of amidine groups is 1. The SMILES string of the molecule is CCCc1nc2cccc(C(=O)OC)c2n1Cc1ccc(-c2ccccc2)c(C(=N)NO)c1. The van der Waals surface area contributed by atoms with Crippen molar-refractivity contribution in [1.29, 1.82) is 5.41 Å². The molecule has 0 aliphatic rings. The Hall–Kier alpha value is -3.97. The molecule has 33 heavy (non-hydrogen) atoms. The summed E-state index contributed by atoms with van der Waals surface area (Å²) in [5, 5.41) is 17.7. The Morgan fingerprint density at radius 1 is 1.09 bits per heavy atom. The van der Waals surface area contributed by atoms with Crippen LogP contribution in [-0.4, -0.2) is 33.7 Å². The first-order valence-corrected chi connectivity index (χ1v) is 10.8. The third-order valence-electron chi connectivity index (χ3n) is 5.62. The van der Waals surface area contributed by atoms with Crippen LogP contribution < -0.4 is 5.48 Å². The Morgan fingerprint density at radius 3 is 2.58 bits per heavy atom. The van der Waals surface area contributed by atoms with Crippen LogP contribution in [0, 0.1) is 5.41 Å². The summed E-state index contributed by atoms with van der Waals surface area (Å²) < 4.78 is 7.05. The summed E-state index contributed by atoms with van der Waals surface area (Å²) in [5.74, 6) is 0.388. The molecule has 0 atom stereocenters. The van der Waals surface area contributed by atoms with Crippen molar-refractivity contribution >= 4 is 22.8 Å². The Labute approximate surface area is 192 Å². The standard InChI is InChI=1S/C26H26N4O3/c1-3-8-23-28-22-12-7-11-20(26(31)33-2)24(22)30(23)16-17-13-14-19(18-9-5-4-6-10-18)21(15-17)25(27)29-32/h4-7,9-15,32H,3,8,16H2,1-2H3,(H2,27,29). The van der Waals surface area contributed by atoms with Gasteiger partial charge in [-0.05, 0) is 41.3 Å². The van der Waals surface area contributed by atoms with Crippen molar-refractivity contribution in [1.82, 2.24) is 15.0 Å². The maximum Gasteiger partial charge on any atom is 0.340 e. The summed E-state index contributed by atoms with van der Waals surface area (Å²) in [6, 6.07) is 21.0. The second-order valence-electron chi connectivity index (χ2n) is 7.76. The van der Waals surface area contributed by atoms with Crippen LogP contribution in [0.3, 0.4) is 0 Å². The minimum Gasteiger partial charge on any atom is -0.465 e. The highest BCUT2D eigenvalue weighted by atomic mass is 16.5. The van der Waals surface area contributed by atoms with Crippen molar-refractivity contribution in [3.05, 3.63) is 89.2 Å². The van der Waals surface area contributed by atoms with Crippen LogP contribution in [0.4, 0.5) is 0 Å². The zero-order valence-corrected chi connectivity index (χ0v) is 18.6.